The van der Waals surface area contributed by atoms with Crippen LogP contribution < -0.4 is 5.32 Å². The minimum atomic E-state index is -0.0898. The van der Waals surface area contributed by atoms with E-state index in [1.54, 1.807) is 0 Å². The van der Waals surface area contributed by atoms with E-state index in [2.05, 4.69) is 48.3 Å². The monoisotopic (exact) mass is 290 g/mol. The molecule has 0 amide bonds. The molecule has 0 saturated carbocycles. The number of nitrogens with one attached hydrogen (secondary N) is 1. The summed E-state index contributed by atoms with van der Waals surface area (Å²) in [4.78, 5) is 2.46. The second-order valence-electron chi connectivity index (χ2n) is 6.17. The van der Waals surface area contributed by atoms with Crippen LogP contribution in [0.1, 0.15) is 50.7 Å². The molecule has 0 radical (unpaired) electrons. The molecule has 1 aromatic carbocycles. The Morgan fingerprint density at radius 2 is 1.76 bits per heavy atom. The Bertz CT molecular complexity index is 409. The molecular formula is C18H30N2O. The van der Waals surface area contributed by atoms with E-state index < -0.39 is 0 Å². The molecule has 0 spiro atoms. The van der Waals surface area contributed by atoms with Crippen LogP contribution in [0, 0.1) is 0 Å². The Morgan fingerprint density at radius 3 is 2.38 bits per heavy atom. The van der Waals surface area contributed by atoms with Crippen molar-refractivity contribution >= 4 is 0 Å². The maximum atomic E-state index is 9.61. The number of likely N-dealkylation sites (tertiary alicyclic amines) is 1. The van der Waals surface area contributed by atoms with E-state index in [0.717, 1.165) is 39.0 Å². The Kier molecular flexibility index (Phi) is 6.68. The Morgan fingerprint density at radius 1 is 1.14 bits per heavy atom. The Hall–Kier alpha value is -0.900. The number of hydrogen-bond donors (Lipinski definition) is 2. The molecule has 0 aliphatic carbocycles. The summed E-state index contributed by atoms with van der Waals surface area (Å²) in [6, 6.07) is 9.36. The minimum absolute atomic E-state index is 0.0898. The molecule has 1 aromatic rings. The van der Waals surface area contributed by atoms with Gasteiger partial charge in [0.05, 0.1) is 6.10 Å². The van der Waals surface area contributed by atoms with Gasteiger partial charge in [-0.1, -0.05) is 38.1 Å². The quantitative estimate of drug-likeness (QED) is 0.810. The van der Waals surface area contributed by atoms with E-state index >= 15 is 0 Å². The van der Waals surface area contributed by atoms with Gasteiger partial charge in [0.2, 0.25) is 0 Å². The maximum Gasteiger partial charge on any atom is 0.0564 e. The number of hydrogen-bond acceptors (Lipinski definition) is 3. The lowest BCUT2D eigenvalue weighted by Crippen LogP contribution is -2.35. The molecule has 1 aliphatic rings. The highest BCUT2D eigenvalue weighted by Gasteiger charge is 2.17. The number of aliphatic hydroxyl groups is 1. The maximum absolute atomic E-state index is 9.61. The molecule has 0 atom stereocenters. The predicted octanol–water partition coefficient (Wildman–Crippen LogP) is 2.92. The van der Waals surface area contributed by atoms with Crippen LogP contribution in [0.2, 0.25) is 0 Å². The molecule has 21 heavy (non-hydrogen) atoms. The summed E-state index contributed by atoms with van der Waals surface area (Å²) < 4.78 is 0. The van der Waals surface area contributed by atoms with Crippen molar-refractivity contribution in [3.05, 3.63) is 35.4 Å². The molecule has 2 rings (SSSR count). The molecule has 1 saturated heterocycles. The number of rotatable bonds is 7. The van der Waals surface area contributed by atoms with Gasteiger partial charge in [-0.2, -0.15) is 0 Å². The Balaban J connectivity index is 1.93. The zero-order valence-corrected chi connectivity index (χ0v) is 13.5. The van der Waals surface area contributed by atoms with Gasteiger partial charge in [0, 0.05) is 32.2 Å². The highest BCUT2D eigenvalue weighted by molar-refractivity contribution is 5.27. The lowest BCUT2D eigenvalue weighted by molar-refractivity contribution is 0.0791. The van der Waals surface area contributed by atoms with E-state index in [9.17, 15) is 5.11 Å². The van der Waals surface area contributed by atoms with Gasteiger partial charge in [-0.05, 0) is 36.8 Å². The van der Waals surface area contributed by atoms with Crippen molar-refractivity contribution in [2.75, 3.05) is 13.1 Å². The highest BCUT2D eigenvalue weighted by atomic mass is 16.3. The fourth-order valence-corrected chi connectivity index (χ4v) is 3.03. The normalized spacial score (nSPS) is 17.5. The number of nitrogens with zero attached hydrogens (tertiary/aromatic N) is 1. The zero-order valence-electron chi connectivity index (χ0n) is 13.5. The first-order valence-electron chi connectivity index (χ1n) is 8.43. The lowest BCUT2D eigenvalue weighted by atomic mass is 10.0. The van der Waals surface area contributed by atoms with Gasteiger partial charge in [-0.3, -0.25) is 4.90 Å². The first-order valence-corrected chi connectivity index (χ1v) is 8.43. The predicted molar refractivity (Wildman–Crippen MR) is 88.2 cm³/mol. The third kappa shape index (κ3) is 5.10. The smallest absolute Gasteiger partial charge is 0.0564 e. The SMILES string of the molecule is CCC(CC)NCc1ccccc1CN1CCC(O)CC1. The van der Waals surface area contributed by atoms with Crippen LogP contribution >= 0.6 is 0 Å². The topological polar surface area (TPSA) is 35.5 Å². The van der Waals surface area contributed by atoms with Gasteiger partial charge >= 0.3 is 0 Å². The molecule has 3 nitrogen and oxygen atoms in total. The van der Waals surface area contributed by atoms with Gasteiger partial charge in [0.25, 0.3) is 0 Å². The van der Waals surface area contributed by atoms with E-state index in [0.29, 0.717) is 6.04 Å². The fourth-order valence-electron chi connectivity index (χ4n) is 3.03. The average Bonchev–Trinajstić information content (AvgIpc) is 2.52. The van der Waals surface area contributed by atoms with Crippen LogP contribution in [-0.4, -0.2) is 35.2 Å². The molecule has 3 heteroatoms. The minimum Gasteiger partial charge on any atom is -0.393 e. The molecule has 0 bridgehead atoms. The zero-order chi connectivity index (χ0) is 15.1. The van der Waals surface area contributed by atoms with Gasteiger partial charge in [-0.15, -0.1) is 0 Å². The van der Waals surface area contributed by atoms with Crippen molar-refractivity contribution in [2.24, 2.45) is 0 Å². The van der Waals surface area contributed by atoms with Crippen LogP contribution in [0.25, 0.3) is 0 Å². The average molecular weight is 290 g/mol. The number of aliphatic hydroxyl groups excluding tert-OH is 1. The van der Waals surface area contributed by atoms with Crippen LogP contribution in [0.15, 0.2) is 24.3 Å². The van der Waals surface area contributed by atoms with E-state index in [1.165, 1.54) is 24.0 Å². The van der Waals surface area contributed by atoms with E-state index in [4.69, 9.17) is 0 Å². The molecule has 2 N–H and O–H groups in total. The molecule has 0 unspecified atom stereocenters. The lowest BCUT2D eigenvalue weighted by Gasteiger charge is -2.30. The van der Waals surface area contributed by atoms with Crippen molar-refractivity contribution in [1.29, 1.82) is 0 Å². The van der Waals surface area contributed by atoms with Crippen molar-refractivity contribution < 1.29 is 5.11 Å². The van der Waals surface area contributed by atoms with Crippen molar-refractivity contribution in [3.8, 4) is 0 Å². The second kappa shape index (κ2) is 8.52. The first kappa shape index (κ1) is 16.5. The third-order valence-electron chi connectivity index (χ3n) is 4.64. The summed E-state index contributed by atoms with van der Waals surface area (Å²) in [6.07, 6.45) is 4.10. The van der Waals surface area contributed by atoms with Crippen LogP contribution in [0.5, 0.6) is 0 Å². The van der Waals surface area contributed by atoms with Crippen molar-refractivity contribution in [1.82, 2.24) is 10.2 Å². The summed E-state index contributed by atoms with van der Waals surface area (Å²) in [6.45, 7) is 8.47. The molecule has 1 aliphatic heterocycles. The standard InChI is InChI=1S/C18H30N2O/c1-3-17(4-2)19-13-15-7-5-6-8-16(15)14-20-11-9-18(21)10-12-20/h5-8,17-19,21H,3-4,9-14H2,1-2H3. The van der Waals surface area contributed by atoms with E-state index in [1.807, 2.05) is 0 Å². The van der Waals surface area contributed by atoms with Crippen molar-refractivity contribution in [2.45, 2.75) is 64.8 Å². The molecule has 1 fully saturated rings. The van der Waals surface area contributed by atoms with Crippen LogP contribution in [0.3, 0.4) is 0 Å². The summed E-state index contributed by atoms with van der Waals surface area (Å²) in [5.41, 5.74) is 2.84. The van der Waals surface area contributed by atoms with Gasteiger partial charge in [0.1, 0.15) is 0 Å². The fraction of sp³-hybridized carbons (Fsp3) is 0.667. The number of benzene rings is 1. The second-order valence-corrected chi connectivity index (χ2v) is 6.17. The van der Waals surface area contributed by atoms with Crippen LogP contribution in [0.4, 0.5) is 0 Å². The third-order valence-corrected chi connectivity index (χ3v) is 4.64. The summed E-state index contributed by atoms with van der Waals surface area (Å²) in [5, 5.41) is 13.3. The molecule has 118 valence electrons. The molecular weight excluding hydrogens is 260 g/mol. The molecule has 1 heterocycles. The number of piperidine rings is 1. The van der Waals surface area contributed by atoms with Gasteiger partial charge in [0.15, 0.2) is 0 Å². The van der Waals surface area contributed by atoms with E-state index in [-0.39, 0.29) is 6.10 Å². The first-order chi connectivity index (χ1) is 10.2. The summed E-state index contributed by atoms with van der Waals surface area (Å²) in [5.74, 6) is 0. The molecule has 0 aromatic heterocycles. The van der Waals surface area contributed by atoms with Gasteiger partial charge in [-0.25, -0.2) is 0 Å². The Labute approximate surface area is 129 Å². The summed E-state index contributed by atoms with van der Waals surface area (Å²) >= 11 is 0. The largest absolute Gasteiger partial charge is 0.393 e. The van der Waals surface area contributed by atoms with Crippen molar-refractivity contribution in [3.63, 3.8) is 0 Å². The highest BCUT2D eigenvalue weighted by Crippen LogP contribution is 2.17. The summed E-state index contributed by atoms with van der Waals surface area (Å²) in [7, 11) is 0. The van der Waals surface area contributed by atoms with Gasteiger partial charge < -0.3 is 10.4 Å². The van der Waals surface area contributed by atoms with Crippen LogP contribution in [-0.2, 0) is 13.1 Å².